The third-order valence-corrected chi connectivity index (χ3v) is 3.11. The molecule has 0 radical (unpaired) electrons. The number of carboxylic acids is 1. The Bertz CT molecular complexity index is 824. The maximum absolute atomic E-state index is 13.3. The van der Waals surface area contributed by atoms with Crippen LogP contribution in [0.15, 0.2) is 42.5 Å². The van der Waals surface area contributed by atoms with E-state index in [1.807, 2.05) is 6.07 Å². The summed E-state index contributed by atoms with van der Waals surface area (Å²) < 4.78 is 23.6. The lowest BCUT2D eigenvalue weighted by atomic mass is 10.0. The first-order valence-electron chi connectivity index (χ1n) is 6.94. The number of ether oxygens (including phenoxy) is 2. The smallest absolute Gasteiger partial charge is 0.341 e. The van der Waals surface area contributed by atoms with Gasteiger partial charge in [0.25, 0.3) is 0 Å². The molecule has 1 N–H and O–H groups in total. The van der Waals surface area contributed by atoms with E-state index in [2.05, 4.69) is 0 Å². The number of nitriles is 1. The van der Waals surface area contributed by atoms with Gasteiger partial charge in [0.15, 0.2) is 18.1 Å². The number of aliphatic carboxylic acids is 1. The van der Waals surface area contributed by atoms with Crippen molar-refractivity contribution >= 4 is 17.6 Å². The zero-order valence-electron chi connectivity index (χ0n) is 12.8. The molecule has 24 heavy (non-hydrogen) atoms. The van der Waals surface area contributed by atoms with Gasteiger partial charge in [-0.1, -0.05) is 18.2 Å². The molecule has 0 aliphatic rings. The van der Waals surface area contributed by atoms with Gasteiger partial charge in [-0.25, -0.2) is 9.18 Å². The lowest BCUT2D eigenvalue weighted by Gasteiger charge is -2.10. The fourth-order valence-corrected chi connectivity index (χ4v) is 2.04. The monoisotopic (exact) mass is 327 g/mol. The fraction of sp³-hybridized carbons (Fsp3) is 0.111. The van der Waals surface area contributed by atoms with Crippen LogP contribution >= 0.6 is 0 Å². The molecule has 2 aromatic rings. The van der Waals surface area contributed by atoms with Crippen molar-refractivity contribution in [1.82, 2.24) is 0 Å². The summed E-state index contributed by atoms with van der Waals surface area (Å²) in [7, 11) is 1.42. The van der Waals surface area contributed by atoms with Crippen LogP contribution in [-0.2, 0) is 4.79 Å². The van der Waals surface area contributed by atoms with Crippen molar-refractivity contribution in [3.05, 3.63) is 59.4 Å². The van der Waals surface area contributed by atoms with E-state index in [1.54, 1.807) is 30.3 Å². The number of nitrogens with zero attached hydrogens (tertiary/aromatic N) is 1. The third kappa shape index (κ3) is 4.34. The fourth-order valence-electron chi connectivity index (χ4n) is 2.04. The highest BCUT2D eigenvalue weighted by atomic mass is 19.1. The Morgan fingerprint density at radius 1 is 1.29 bits per heavy atom. The van der Waals surface area contributed by atoms with Crippen molar-refractivity contribution in [2.45, 2.75) is 0 Å². The number of rotatable bonds is 6. The van der Waals surface area contributed by atoms with Crippen LogP contribution in [0.5, 0.6) is 11.5 Å². The molecule has 0 aliphatic heterocycles. The van der Waals surface area contributed by atoms with Gasteiger partial charge >= 0.3 is 5.97 Å². The highest BCUT2D eigenvalue weighted by molar-refractivity contribution is 5.89. The Kier molecular flexibility index (Phi) is 5.53. The Balaban J connectivity index is 2.34. The van der Waals surface area contributed by atoms with Crippen LogP contribution in [0.1, 0.15) is 11.1 Å². The SMILES string of the molecule is COc1cc(/C=C(/C#N)c2cccc(F)c2)ccc1OCC(=O)O. The molecule has 2 aromatic carbocycles. The van der Waals surface area contributed by atoms with Crippen LogP contribution in [0.3, 0.4) is 0 Å². The molecule has 0 spiro atoms. The second-order valence-electron chi connectivity index (χ2n) is 4.77. The van der Waals surface area contributed by atoms with Crippen molar-refractivity contribution < 1.29 is 23.8 Å². The van der Waals surface area contributed by atoms with E-state index in [4.69, 9.17) is 14.6 Å². The molecule has 0 bridgehead atoms. The van der Waals surface area contributed by atoms with Crippen LogP contribution < -0.4 is 9.47 Å². The van der Waals surface area contributed by atoms with Gasteiger partial charge in [0, 0.05) is 0 Å². The highest BCUT2D eigenvalue weighted by Crippen LogP contribution is 2.29. The molecule has 5 nitrogen and oxygen atoms in total. The minimum atomic E-state index is -1.10. The van der Waals surface area contributed by atoms with Crippen LogP contribution in [0.4, 0.5) is 4.39 Å². The number of methoxy groups -OCH3 is 1. The molecule has 0 amide bonds. The van der Waals surface area contributed by atoms with Crippen molar-refractivity contribution in [3.8, 4) is 17.6 Å². The van der Waals surface area contributed by atoms with Gasteiger partial charge < -0.3 is 14.6 Å². The van der Waals surface area contributed by atoms with Gasteiger partial charge in [0.1, 0.15) is 5.82 Å². The molecule has 6 heteroatoms. The Morgan fingerprint density at radius 2 is 2.08 bits per heavy atom. The first kappa shape index (κ1) is 17.0. The van der Waals surface area contributed by atoms with E-state index in [1.165, 1.54) is 25.3 Å². The predicted molar refractivity (Wildman–Crippen MR) is 86.0 cm³/mol. The quantitative estimate of drug-likeness (QED) is 0.650. The van der Waals surface area contributed by atoms with Crippen molar-refractivity contribution in [2.75, 3.05) is 13.7 Å². The van der Waals surface area contributed by atoms with Gasteiger partial charge in [0.2, 0.25) is 0 Å². The summed E-state index contributed by atoms with van der Waals surface area (Å²) in [5.41, 5.74) is 1.38. The van der Waals surface area contributed by atoms with E-state index >= 15 is 0 Å². The Hall–Kier alpha value is -3.33. The molecule has 0 saturated carbocycles. The molecule has 0 unspecified atom stereocenters. The molecule has 0 heterocycles. The number of carboxylic acid groups (broad SMARTS) is 1. The van der Waals surface area contributed by atoms with Gasteiger partial charge in [-0.2, -0.15) is 5.26 Å². The van der Waals surface area contributed by atoms with Crippen LogP contribution in [-0.4, -0.2) is 24.8 Å². The Morgan fingerprint density at radius 3 is 2.71 bits per heavy atom. The third-order valence-electron chi connectivity index (χ3n) is 3.11. The molecule has 0 atom stereocenters. The summed E-state index contributed by atoms with van der Waals surface area (Å²) in [5.74, 6) is -0.912. The summed E-state index contributed by atoms with van der Waals surface area (Å²) >= 11 is 0. The standard InChI is InChI=1S/C18H14FNO4/c1-23-17-8-12(5-6-16(17)24-11-18(21)22)7-14(10-20)13-3-2-4-15(19)9-13/h2-9H,11H2,1H3,(H,21,22)/b14-7-. The summed E-state index contributed by atoms with van der Waals surface area (Å²) in [6, 6.07) is 12.6. The number of carbonyl (C=O) groups is 1. The first-order chi connectivity index (χ1) is 11.5. The van der Waals surface area contributed by atoms with Gasteiger partial charge in [0.05, 0.1) is 18.8 Å². The number of hydrogen-bond donors (Lipinski definition) is 1. The van der Waals surface area contributed by atoms with E-state index in [9.17, 15) is 14.4 Å². The number of benzene rings is 2. The van der Waals surface area contributed by atoms with Crippen molar-refractivity contribution in [3.63, 3.8) is 0 Å². The Labute approximate surface area is 138 Å². The molecule has 0 fully saturated rings. The maximum Gasteiger partial charge on any atom is 0.341 e. The lowest BCUT2D eigenvalue weighted by Crippen LogP contribution is -2.10. The average Bonchev–Trinajstić information content (AvgIpc) is 2.58. The molecule has 0 aromatic heterocycles. The first-order valence-corrected chi connectivity index (χ1v) is 6.94. The van der Waals surface area contributed by atoms with Crippen LogP contribution in [0, 0.1) is 17.1 Å². The van der Waals surface area contributed by atoms with Crippen LogP contribution in [0.2, 0.25) is 0 Å². The minimum Gasteiger partial charge on any atom is -0.493 e. The van der Waals surface area contributed by atoms with E-state index in [-0.39, 0.29) is 11.3 Å². The van der Waals surface area contributed by atoms with E-state index < -0.39 is 18.4 Å². The minimum absolute atomic E-state index is 0.279. The summed E-state index contributed by atoms with van der Waals surface area (Å²) in [4.78, 5) is 10.6. The second-order valence-corrected chi connectivity index (χ2v) is 4.77. The summed E-state index contributed by atoms with van der Waals surface area (Å²) in [6.07, 6.45) is 1.58. The van der Waals surface area contributed by atoms with Gasteiger partial charge in [-0.05, 0) is 41.5 Å². The molecule has 2 rings (SSSR count). The molecular formula is C18H14FNO4. The number of hydrogen-bond acceptors (Lipinski definition) is 4. The summed E-state index contributed by atoms with van der Waals surface area (Å²) in [6.45, 7) is -0.488. The average molecular weight is 327 g/mol. The topological polar surface area (TPSA) is 79.5 Å². The van der Waals surface area contributed by atoms with Crippen LogP contribution in [0.25, 0.3) is 11.6 Å². The number of allylic oxidation sites excluding steroid dienone is 1. The van der Waals surface area contributed by atoms with Crippen molar-refractivity contribution in [1.29, 1.82) is 5.26 Å². The normalized spacial score (nSPS) is 10.8. The number of halogens is 1. The summed E-state index contributed by atoms with van der Waals surface area (Å²) in [5, 5.41) is 17.9. The zero-order chi connectivity index (χ0) is 17.5. The second kappa shape index (κ2) is 7.79. The van der Waals surface area contributed by atoms with Crippen molar-refractivity contribution in [2.24, 2.45) is 0 Å². The van der Waals surface area contributed by atoms with E-state index in [0.29, 0.717) is 16.9 Å². The van der Waals surface area contributed by atoms with Gasteiger partial charge in [-0.3, -0.25) is 0 Å². The molecule has 0 aliphatic carbocycles. The van der Waals surface area contributed by atoms with Gasteiger partial charge in [-0.15, -0.1) is 0 Å². The molecule has 122 valence electrons. The molecule has 0 saturated heterocycles. The lowest BCUT2D eigenvalue weighted by molar-refractivity contribution is -0.139. The predicted octanol–water partition coefficient (Wildman–Crippen LogP) is 3.36. The van der Waals surface area contributed by atoms with E-state index in [0.717, 1.165) is 0 Å². The largest absolute Gasteiger partial charge is 0.493 e. The zero-order valence-corrected chi connectivity index (χ0v) is 12.8. The highest BCUT2D eigenvalue weighted by Gasteiger charge is 2.08. The maximum atomic E-state index is 13.3. The molecular weight excluding hydrogens is 313 g/mol.